The molecule has 2 aliphatic heterocycles. The average molecular weight is 458 g/mol. The normalized spacial score (nSPS) is 20.2. The van der Waals surface area contributed by atoms with Gasteiger partial charge in [-0.1, -0.05) is 41.5 Å². The van der Waals surface area contributed by atoms with Crippen molar-refractivity contribution in [2.24, 2.45) is 0 Å². The highest BCUT2D eigenvalue weighted by Crippen LogP contribution is 2.18. The van der Waals surface area contributed by atoms with E-state index in [1.54, 1.807) is 0 Å². The highest BCUT2D eigenvalue weighted by molar-refractivity contribution is 4.81. The molecule has 1 saturated carbocycles. The Bertz CT molecular complexity index is 407. The number of hydrogen-bond donors (Lipinski definition) is 3. The van der Waals surface area contributed by atoms with Crippen molar-refractivity contribution in [1.82, 2.24) is 25.8 Å². The van der Waals surface area contributed by atoms with Gasteiger partial charge in [0, 0.05) is 70.0 Å². The van der Waals surface area contributed by atoms with Crippen molar-refractivity contribution in [2.45, 2.75) is 91.4 Å². The fraction of sp³-hybridized carbons (Fsp3) is 1.00. The van der Waals surface area contributed by atoms with Crippen molar-refractivity contribution in [1.29, 1.82) is 0 Å². The van der Waals surface area contributed by atoms with Gasteiger partial charge in [0.05, 0.1) is 19.9 Å². The quantitative estimate of drug-likeness (QED) is 0.412. The molecular weight excluding hydrogens is 402 g/mol. The molecule has 0 amide bonds. The molecule has 3 rings (SSSR count). The lowest BCUT2D eigenvalue weighted by atomic mass is 10.3. The Labute approximate surface area is 199 Å². The van der Waals surface area contributed by atoms with Crippen LogP contribution in [0, 0.1) is 0 Å². The summed E-state index contributed by atoms with van der Waals surface area (Å²) < 4.78 is 10.6. The molecule has 0 radical (unpaired) electrons. The van der Waals surface area contributed by atoms with Crippen LogP contribution >= 0.6 is 0 Å². The van der Waals surface area contributed by atoms with Crippen LogP contribution in [-0.4, -0.2) is 106 Å². The van der Waals surface area contributed by atoms with Crippen molar-refractivity contribution >= 4 is 0 Å². The van der Waals surface area contributed by atoms with Gasteiger partial charge in [0.2, 0.25) is 0 Å². The molecule has 3 aliphatic rings. The number of morpholine rings is 1. The Morgan fingerprint density at radius 3 is 1.88 bits per heavy atom. The van der Waals surface area contributed by atoms with Crippen molar-refractivity contribution < 1.29 is 9.47 Å². The first-order valence-corrected chi connectivity index (χ1v) is 13.2. The van der Waals surface area contributed by atoms with Crippen LogP contribution in [0.4, 0.5) is 0 Å². The molecule has 2 saturated heterocycles. The summed E-state index contributed by atoms with van der Waals surface area (Å²) in [6.07, 6.45) is 5.22. The van der Waals surface area contributed by atoms with Gasteiger partial charge >= 0.3 is 0 Å². The maximum Gasteiger partial charge on any atom is 0.0990 e. The molecule has 1 aliphatic carbocycles. The van der Waals surface area contributed by atoms with Crippen molar-refractivity contribution in [3.05, 3.63) is 0 Å². The Hall–Kier alpha value is -0.280. The Morgan fingerprint density at radius 1 is 0.719 bits per heavy atom. The van der Waals surface area contributed by atoms with Crippen LogP contribution in [-0.2, 0) is 9.47 Å². The lowest BCUT2D eigenvalue weighted by molar-refractivity contribution is -0.0135. The topological polar surface area (TPSA) is 61.0 Å². The molecule has 0 aromatic heterocycles. The van der Waals surface area contributed by atoms with E-state index in [1.807, 2.05) is 0 Å². The maximum absolute atomic E-state index is 5.37. The summed E-state index contributed by atoms with van der Waals surface area (Å²) >= 11 is 0. The second-order valence-corrected chi connectivity index (χ2v) is 10.1. The molecule has 0 bridgehead atoms. The van der Waals surface area contributed by atoms with Gasteiger partial charge in [-0.15, -0.1) is 0 Å². The van der Waals surface area contributed by atoms with E-state index in [4.69, 9.17) is 9.47 Å². The van der Waals surface area contributed by atoms with Crippen LogP contribution in [0.1, 0.15) is 67.2 Å². The Morgan fingerprint density at radius 2 is 1.38 bits per heavy atom. The predicted octanol–water partition coefficient (Wildman–Crippen LogP) is 2.52. The third-order valence-corrected chi connectivity index (χ3v) is 5.47. The second-order valence-electron chi connectivity index (χ2n) is 10.1. The standard InChI is InChI=1S/C10H22N2O.C9H20N2O.C6H13N/c1-10(2)11-5-3-6-12-7-4-8-13-9-12;1-9(2)10-3-4-11-5-7-12-8-6-11;1-5(2)7-6-3-4-6/h10-11H,3-9H2,1-2H3;9-10H,3-8H2,1-2H3;5-7H,3-4H2,1-2H3. The molecule has 7 heteroatoms. The zero-order valence-electron chi connectivity index (χ0n) is 22.1. The Kier molecular flexibility index (Phi) is 17.7. The second kappa shape index (κ2) is 19.1. The van der Waals surface area contributed by atoms with E-state index in [1.165, 1.54) is 38.8 Å². The van der Waals surface area contributed by atoms with Gasteiger partial charge in [0.1, 0.15) is 0 Å². The molecule has 0 aromatic carbocycles. The van der Waals surface area contributed by atoms with Gasteiger partial charge in [-0.2, -0.15) is 0 Å². The minimum Gasteiger partial charge on any atom is -0.379 e. The van der Waals surface area contributed by atoms with Crippen molar-refractivity contribution in [3.8, 4) is 0 Å². The molecule has 2 heterocycles. The fourth-order valence-corrected chi connectivity index (χ4v) is 3.58. The van der Waals surface area contributed by atoms with E-state index in [0.29, 0.717) is 18.1 Å². The smallest absolute Gasteiger partial charge is 0.0990 e. The first-order valence-electron chi connectivity index (χ1n) is 13.2. The molecule has 32 heavy (non-hydrogen) atoms. The van der Waals surface area contributed by atoms with Crippen LogP contribution in [0.25, 0.3) is 0 Å². The van der Waals surface area contributed by atoms with Gasteiger partial charge in [0.15, 0.2) is 0 Å². The lowest BCUT2D eigenvalue weighted by Gasteiger charge is -2.26. The molecule has 192 valence electrons. The Balaban J connectivity index is 0.000000250. The summed E-state index contributed by atoms with van der Waals surface area (Å²) in [6.45, 7) is 24.6. The van der Waals surface area contributed by atoms with Crippen LogP contribution in [0.2, 0.25) is 0 Å². The van der Waals surface area contributed by atoms with E-state index in [2.05, 4.69) is 67.3 Å². The number of rotatable bonds is 11. The first-order chi connectivity index (χ1) is 15.4. The molecule has 0 spiro atoms. The molecule has 0 unspecified atom stereocenters. The molecular formula is C25H55N5O2. The van der Waals surface area contributed by atoms with Crippen molar-refractivity contribution in [3.63, 3.8) is 0 Å². The number of nitrogens with one attached hydrogen (secondary N) is 3. The minimum atomic E-state index is 0.603. The summed E-state index contributed by atoms with van der Waals surface area (Å²) in [5, 5.41) is 10.2. The summed E-state index contributed by atoms with van der Waals surface area (Å²) in [5.41, 5.74) is 0. The molecule has 3 N–H and O–H groups in total. The summed E-state index contributed by atoms with van der Waals surface area (Å²) in [5.74, 6) is 0. The fourth-order valence-electron chi connectivity index (χ4n) is 3.58. The third kappa shape index (κ3) is 19.2. The molecule has 0 aromatic rings. The predicted molar refractivity (Wildman–Crippen MR) is 136 cm³/mol. The maximum atomic E-state index is 5.37. The third-order valence-electron chi connectivity index (χ3n) is 5.47. The minimum absolute atomic E-state index is 0.603. The number of ether oxygens (including phenoxy) is 2. The van der Waals surface area contributed by atoms with Crippen LogP contribution in [0.3, 0.4) is 0 Å². The van der Waals surface area contributed by atoms with Crippen molar-refractivity contribution in [2.75, 3.05) is 72.4 Å². The monoisotopic (exact) mass is 457 g/mol. The van der Waals surface area contributed by atoms with Crippen LogP contribution in [0.15, 0.2) is 0 Å². The lowest BCUT2D eigenvalue weighted by Crippen LogP contribution is -2.41. The van der Waals surface area contributed by atoms with Gasteiger partial charge < -0.3 is 25.4 Å². The van der Waals surface area contributed by atoms with Crippen LogP contribution in [0.5, 0.6) is 0 Å². The number of nitrogens with zero attached hydrogens (tertiary/aromatic N) is 2. The zero-order chi connectivity index (χ0) is 23.6. The van der Waals surface area contributed by atoms with E-state index in [0.717, 1.165) is 65.3 Å². The summed E-state index contributed by atoms with van der Waals surface area (Å²) in [6, 6.07) is 2.77. The summed E-state index contributed by atoms with van der Waals surface area (Å²) in [4.78, 5) is 4.82. The van der Waals surface area contributed by atoms with E-state index in [9.17, 15) is 0 Å². The largest absolute Gasteiger partial charge is 0.379 e. The molecule has 7 nitrogen and oxygen atoms in total. The number of hydrogen-bond acceptors (Lipinski definition) is 7. The SMILES string of the molecule is CC(C)NC1CC1.CC(C)NCCCN1CCCOC1.CC(C)NCCN1CCOCC1. The van der Waals surface area contributed by atoms with Crippen LogP contribution < -0.4 is 16.0 Å². The zero-order valence-corrected chi connectivity index (χ0v) is 22.1. The van der Waals surface area contributed by atoms with E-state index < -0.39 is 0 Å². The average Bonchev–Trinajstić information content (AvgIpc) is 3.57. The molecule has 0 atom stereocenters. The van der Waals surface area contributed by atoms with Gasteiger partial charge in [-0.05, 0) is 32.2 Å². The highest BCUT2D eigenvalue weighted by Gasteiger charge is 2.20. The first kappa shape index (κ1) is 29.8. The van der Waals surface area contributed by atoms with E-state index >= 15 is 0 Å². The highest BCUT2D eigenvalue weighted by atomic mass is 16.5. The van der Waals surface area contributed by atoms with E-state index in [-0.39, 0.29) is 0 Å². The van der Waals surface area contributed by atoms with Gasteiger partial charge in [-0.3, -0.25) is 9.80 Å². The summed E-state index contributed by atoms with van der Waals surface area (Å²) in [7, 11) is 0. The van der Waals surface area contributed by atoms with Gasteiger partial charge in [-0.25, -0.2) is 0 Å². The van der Waals surface area contributed by atoms with Gasteiger partial charge in [0.25, 0.3) is 0 Å². The molecule has 3 fully saturated rings.